The molecule has 0 saturated carbocycles. The molecule has 1 aliphatic rings. The van der Waals surface area contributed by atoms with Crippen molar-refractivity contribution in [2.75, 3.05) is 18.0 Å². The van der Waals surface area contributed by atoms with Gasteiger partial charge in [0.05, 0.1) is 4.92 Å². The lowest BCUT2D eigenvalue weighted by Gasteiger charge is -2.32. The summed E-state index contributed by atoms with van der Waals surface area (Å²) >= 11 is 0. The molecular weight excluding hydrogens is 318 g/mol. The molecular formula is C19H21N3O3. The molecule has 2 aromatic carbocycles. The van der Waals surface area contributed by atoms with Crippen LogP contribution in [0.1, 0.15) is 18.4 Å². The second-order valence-corrected chi connectivity index (χ2v) is 6.21. The molecule has 2 aromatic rings. The van der Waals surface area contributed by atoms with Gasteiger partial charge in [0.25, 0.3) is 5.69 Å². The molecule has 0 spiro atoms. The smallest absolute Gasteiger partial charge is 0.292 e. The van der Waals surface area contributed by atoms with Crippen molar-refractivity contribution in [3.63, 3.8) is 0 Å². The molecule has 6 nitrogen and oxygen atoms in total. The van der Waals surface area contributed by atoms with E-state index >= 15 is 0 Å². The molecule has 0 aliphatic carbocycles. The maximum absolute atomic E-state index is 12.4. The first-order valence-corrected chi connectivity index (χ1v) is 8.45. The number of nitrogens with zero attached hydrogens (tertiary/aromatic N) is 2. The Hall–Kier alpha value is -2.89. The molecule has 0 radical (unpaired) electrons. The standard InChI is InChI=1S/C19H21N3O3/c23-19(20-14-15-6-2-1-3-7-15)16-10-12-21(13-11-16)17-8-4-5-9-18(17)22(24)25/h1-9,16H,10-14H2,(H,20,23). The minimum absolute atomic E-state index is 0.0391. The maximum atomic E-state index is 12.4. The highest BCUT2D eigenvalue weighted by atomic mass is 16.6. The van der Waals surface area contributed by atoms with Crippen LogP contribution in [0.25, 0.3) is 0 Å². The van der Waals surface area contributed by atoms with Crippen LogP contribution in [0.5, 0.6) is 0 Å². The van der Waals surface area contributed by atoms with Crippen LogP contribution >= 0.6 is 0 Å². The topological polar surface area (TPSA) is 75.5 Å². The number of amides is 1. The zero-order valence-electron chi connectivity index (χ0n) is 13.9. The van der Waals surface area contributed by atoms with Crippen molar-refractivity contribution in [2.45, 2.75) is 19.4 Å². The average molecular weight is 339 g/mol. The van der Waals surface area contributed by atoms with Crippen molar-refractivity contribution in [3.8, 4) is 0 Å². The highest BCUT2D eigenvalue weighted by Crippen LogP contribution is 2.31. The Morgan fingerprint density at radius 2 is 1.72 bits per heavy atom. The second-order valence-electron chi connectivity index (χ2n) is 6.21. The molecule has 25 heavy (non-hydrogen) atoms. The van der Waals surface area contributed by atoms with Crippen molar-refractivity contribution in [2.24, 2.45) is 5.92 Å². The van der Waals surface area contributed by atoms with Crippen LogP contribution in [0, 0.1) is 16.0 Å². The summed E-state index contributed by atoms with van der Waals surface area (Å²) in [7, 11) is 0. The van der Waals surface area contributed by atoms with Crippen LogP contribution in [-0.4, -0.2) is 23.9 Å². The fourth-order valence-electron chi connectivity index (χ4n) is 3.20. The molecule has 0 unspecified atom stereocenters. The number of nitro groups is 1. The lowest BCUT2D eigenvalue weighted by atomic mass is 9.95. The van der Waals surface area contributed by atoms with Crippen LogP contribution in [0.3, 0.4) is 0 Å². The summed E-state index contributed by atoms with van der Waals surface area (Å²) in [5.41, 5.74) is 1.83. The van der Waals surface area contributed by atoms with Crippen molar-refractivity contribution >= 4 is 17.3 Å². The number of carbonyl (C=O) groups excluding carboxylic acids is 1. The van der Waals surface area contributed by atoms with Crippen LogP contribution in [0.15, 0.2) is 54.6 Å². The van der Waals surface area contributed by atoms with Crippen molar-refractivity contribution in [1.82, 2.24) is 5.32 Å². The summed E-state index contributed by atoms with van der Waals surface area (Å²) in [4.78, 5) is 25.2. The normalized spacial score (nSPS) is 15.0. The lowest BCUT2D eigenvalue weighted by Crippen LogP contribution is -2.40. The monoisotopic (exact) mass is 339 g/mol. The Morgan fingerprint density at radius 1 is 1.08 bits per heavy atom. The van der Waals surface area contributed by atoms with Gasteiger partial charge in [0.2, 0.25) is 5.91 Å². The largest absolute Gasteiger partial charge is 0.366 e. The van der Waals surface area contributed by atoms with E-state index in [9.17, 15) is 14.9 Å². The molecule has 0 aromatic heterocycles. The van der Waals surface area contributed by atoms with Crippen LogP contribution in [0.4, 0.5) is 11.4 Å². The van der Waals surface area contributed by atoms with Gasteiger partial charge in [-0.1, -0.05) is 42.5 Å². The third-order valence-electron chi connectivity index (χ3n) is 4.59. The molecule has 1 fully saturated rings. The van der Waals surface area contributed by atoms with Crippen LogP contribution < -0.4 is 10.2 Å². The summed E-state index contributed by atoms with van der Waals surface area (Å²) in [6, 6.07) is 16.6. The summed E-state index contributed by atoms with van der Waals surface area (Å²) in [5.74, 6) is 0.0220. The zero-order chi connectivity index (χ0) is 17.6. The average Bonchev–Trinajstić information content (AvgIpc) is 2.67. The third-order valence-corrected chi connectivity index (χ3v) is 4.59. The number of hydrogen-bond acceptors (Lipinski definition) is 4. The predicted molar refractivity (Wildman–Crippen MR) is 96.3 cm³/mol. The van der Waals surface area contributed by atoms with E-state index in [-0.39, 0.29) is 22.4 Å². The molecule has 3 rings (SSSR count). The van der Waals surface area contributed by atoms with Gasteiger partial charge in [-0.3, -0.25) is 14.9 Å². The minimum atomic E-state index is -0.353. The number of piperidine rings is 1. The number of benzene rings is 2. The van der Waals surface area contributed by atoms with Crippen molar-refractivity contribution in [1.29, 1.82) is 0 Å². The minimum Gasteiger partial charge on any atom is -0.366 e. The zero-order valence-corrected chi connectivity index (χ0v) is 13.9. The van der Waals surface area contributed by atoms with Crippen molar-refractivity contribution < 1.29 is 9.72 Å². The Kier molecular flexibility index (Phi) is 5.28. The number of rotatable bonds is 5. The van der Waals surface area contributed by atoms with Gasteiger partial charge in [-0.2, -0.15) is 0 Å². The van der Waals surface area contributed by atoms with Gasteiger partial charge in [0.1, 0.15) is 5.69 Å². The Bertz CT molecular complexity index is 741. The van der Waals surface area contributed by atoms with Gasteiger partial charge in [-0.05, 0) is 24.5 Å². The van der Waals surface area contributed by atoms with E-state index in [0.29, 0.717) is 38.2 Å². The highest BCUT2D eigenvalue weighted by molar-refractivity contribution is 5.79. The first-order valence-electron chi connectivity index (χ1n) is 8.45. The van der Waals surface area contributed by atoms with E-state index in [2.05, 4.69) is 5.32 Å². The van der Waals surface area contributed by atoms with Gasteiger partial charge < -0.3 is 10.2 Å². The fraction of sp³-hybridized carbons (Fsp3) is 0.316. The van der Waals surface area contributed by atoms with Gasteiger partial charge in [0.15, 0.2) is 0 Å². The van der Waals surface area contributed by atoms with E-state index in [1.54, 1.807) is 18.2 Å². The summed E-state index contributed by atoms with van der Waals surface area (Å²) in [5, 5.41) is 14.2. The number of nitrogens with one attached hydrogen (secondary N) is 1. The molecule has 1 N–H and O–H groups in total. The van der Waals surface area contributed by atoms with Gasteiger partial charge >= 0.3 is 0 Å². The first-order chi connectivity index (χ1) is 12.1. The number of anilines is 1. The fourth-order valence-corrected chi connectivity index (χ4v) is 3.20. The van der Waals surface area contributed by atoms with Gasteiger partial charge in [0, 0.05) is 31.6 Å². The lowest BCUT2D eigenvalue weighted by molar-refractivity contribution is -0.384. The Morgan fingerprint density at radius 3 is 2.40 bits per heavy atom. The summed E-state index contributed by atoms with van der Waals surface area (Å²) in [6.07, 6.45) is 1.40. The molecule has 0 bridgehead atoms. The van der Waals surface area contributed by atoms with Crippen LogP contribution in [-0.2, 0) is 11.3 Å². The first kappa shape index (κ1) is 17.0. The summed E-state index contributed by atoms with van der Waals surface area (Å²) in [6.45, 7) is 1.83. The van der Waals surface area contributed by atoms with E-state index in [4.69, 9.17) is 0 Å². The molecule has 1 amide bonds. The quantitative estimate of drug-likeness (QED) is 0.671. The van der Waals surface area contributed by atoms with E-state index < -0.39 is 0 Å². The molecule has 6 heteroatoms. The molecule has 1 heterocycles. The summed E-state index contributed by atoms with van der Waals surface area (Å²) < 4.78 is 0. The van der Waals surface area contributed by atoms with Crippen LogP contribution in [0.2, 0.25) is 0 Å². The Balaban J connectivity index is 1.55. The maximum Gasteiger partial charge on any atom is 0.292 e. The number of carbonyl (C=O) groups is 1. The van der Waals surface area contributed by atoms with E-state index in [1.165, 1.54) is 6.07 Å². The van der Waals surface area contributed by atoms with Gasteiger partial charge in [-0.25, -0.2) is 0 Å². The molecule has 1 aliphatic heterocycles. The predicted octanol–water partition coefficient (Wildman–Crippen LogP) is 3.13. The number of para-hydroxylation sites is 2. The Labute approximate surface area is 146 Å². The number of nitro benzene ring substituents is 1. The molecule has 130 valence electrons. The van der Waals surface area contributed by atoms with E-state index in [0.717, 1.165) is 5.56 Å². The molecule has 1 saturated heterocycles. The van der Waals surface area contributed by atoms with Crippen molar-refractivity contribution in [3.05, 3.63) is 70.3 Å². The molecule has 0 atom stereocenters. The highest BCUT2D eigenvalue weighted by Gasteiger charge is 2.27. The SMILES string of the molecule is O=C(NCc1ccccc1)C1CCN(c2ccccc2[N+](=O)[O-])CC1. The number of hydrogen-bond donors (Lipinski definition) is 1. The second kappa shape index (κ2) is 7.79. The third kappa shape index (κ3) is 4.15. The van der Waals surface area contributed by atoms with Gasteiger partial charge in [-0.15, -0.1) is 0 Å². The van der Waals surface area contributed by atoms with E-state index in [1.807, 2.05) is 35.2 Å².